The Bertz CT molecular complexity index is 386. The third-order valence-electron chi connectivity index (χ3n) is 2.53. The van der Waals surface area contributed by atoms with E-state index >= 15 is 0 Å². The molecule has 0 amide bonds. The van der Waals surface area contributed by atoms with Gasteiger partial charge >= 0.3 is 0 Å². The van der Waals surface area contributed by atoms with Crippen LogP contribution < -0.4 is 4.74 Å². The van der Waals surface area contributed by atoms with Gasteiger partial charge in [-0.3, -0.25) is 0 Å². The molecule has 94 valence electrons. The number of aliphatic hydroxyl groups excluding tert-OH is 3. The zero-order valence-corrected chi connectivity index (χ0v) is 9.62. The van der Waals surface area contributed by atoms with E-state index in [0.29, 0.717) is 10.8 Å². The van der Waals surface area contributed by atoms with E-state index in [4.69, 9.17) is 21.1 Å². The lowest BCUT2D eigenvalue weighted by Crippen LogP contribution is -2.54. The molecule has 0 saturated carbocycles. The summed E-state index contributed by atoms with van der Waals surface area (Å²) in [6.07, 6.45) is -4.78. The van der Waals surface area contributed by atoms with E-state index in [0.717, 1.165) is 0 Å². The van der Waals surface area contributed by atoms with E-state index in [-0.39, 0.29) is 6.61 Å². The Morgan fingerprint density at radius 1 is 1.18 bits per heavy atom. The van der Waals surface area contributed by atoms with Crippen molar-refractivity contribution >= 4 is 11.6 Å². The molecule has 0 bridgehead atoms. The third-order valence-corrected chi connectivity index (χ3v) is 2.85. The zero-order chi connectivity index (χ0) is 12.4. The van der Waals surface area contributed by atoms with Crippen molar-refractivity contribution < 1.29 is 24.8 Å². The van der Waals surface area contributed by atoms with Gasteiger partial charge in [0.2, 0.25) is 6.29 Å². The number of halogens is 1. The molecule has 1 fully saturated rings. The minimum absolute atomic E-state index is 0.104. The number of benzene rings is 1. The average Bonchev–Trinajstić information content (AvgIpc) is 2.32. The van der Waals surface area contributed by atoms with Crippen LogP contribution in [-0.2, 0) is 4.74 Å². The molecule has 5 nitrogen and oxygen atoms in total. The highest BCUT2D eigenvalue weighted by Gasteiger charge is 2.39. The number of para-hydroxylation sites is 1. The number of rotatable bonds is 2. The molecule has 4 atom stereocenters. The maximum Gasteiger partial charge on any atom is 0.228 e. The second kappa shape index (κ2) is 5.20. The van der Waals surface area contributed by atoms with E-state index in [2.05, 4.69) is 0 Å². The first kappa shape index (κ1) is 12.6. The summed E-state index contributed by atoms with van der Waals surface area (Å²) in [5.74, 6) is 0.349. The predicted octanol–water partition coefficient (Wildman–Crippen LogP) is 0.158. The van der Waals surface area contributed by atoms with Gasteiger partial charge < -0.3 is 24.8 Å². The summed E-state index contributed by atoms with van der Waals surface area (Å²) in [7, 11) is 0. The molecule has 2 rings (SSSR count). The second-order valence-electron chi connectivity index (χ2n) is 3.80. The molecule has 17 heavy (non-hydrogen) atoms. The van der Waals surface area contributed by atoms with E-state index < -0.39 is 24.6 Å². The zero-order valence-electron chi connectivity index (χ0n) is 8.86. The molecule has 0 aliphatic carbocycles. The van der Waals surface area contributed by atoms with Crippen molar-refractivity contribution in [2.24, 2.45) is 0 Å². The molecule has 0 spiro atoms. The molecule has 1 saturated heterocycles. The lowest BCUT2D eigenvalue weighted by molar-refractivity contribution is -0.242. The van der Waals surface area contributed by atoms with E-state index in [1.807, 2.05) is 0 Å². The summed E-state index contributed by atoms with van der Waals surface area (Å²) < 4.78 is 10.4. The monoisotopic (exact) mass is 260 g/mol. The first-order valence-corrected chi connectivity index (χ1v) is 5.54. The van der Waals surface area contributed by atoms with Crippen molar-refractivity contribution in [2.75, 3.05) is 6.61 Å². The van der Waals surface area contributed by atoms with Gasteiger partial charge in [0.1, 0.15) is 24.1 Å². The van der Waals surface area contributed by atoms with Gasteiger partial charge in [-0.05, 0) is 12.1 Å². The maximum atomic E-state index is 9.66. The molecule has 1 aliphatic rings. The maximum absolute atomic E-state index is 9.66. The molecule has 1 aromatic rings. The average molecular weight is 261 g/mol. The molecule has 0 unspecified atom stereocenters. The van der Waals surface area contributed by atoms with Crippen LogP contribution in [0.2, 0.25) is 5.02 Å². The van der Waals surface area contributed by atoms with Crippen molar-refractivity contribution in [3.8, 4) is 5.75 Å². The van der Waals surface area contributed by atoms with Crippen molar-refractivity contribution in [2.45, 2.75) is 24.6 Å². The summed E-state index contributed by atoms with van der Waals surface area (Å²) in [6.45, 7) is -0.104. The number of aliphatic hydroxyl groups is 3. The van der Waals surface area contributed by atoms with Gasteiger partial charge in [0.05, 0.1) is 11.6 Å². The Labute approximate surface area is 103 Å². The van der Waals surface area contributed by atoms with E-state index in [1.165, 1.54) is 0 Å². The fraction of sp³-hybridized carbons (Fsp3) is 0.455. The van der Waals surface area contributed by atoms with Crippen LogP contribution in [0.15, 0.2) is 24.3 Å². The van der Waals surface area contributed by atoms with E-state index in [1.54, 1.807) is 24.3 Å². The van der Waals surface area contributed by atoms with Crippen LogP contribution in [0.25, 0.3) is 0 Å². The SMILES string of the molecule is O[C@@H]1[C@@H](Oc2ccccc2Cl)OC[C@H](O)[C@@H]1O. The predicted molar refractivity (Wildman–Crippen MR) is 59.8 cm³/mol. The van der Waals surface area contributed by atoms with Gasteiger partial charge in [-0.15, -0.1) is 0 Å². The molecule has 1 aliphatic heterocycles. The number of ether oxygens (including phenoxy) is 2. The fourth-order valence-corrected chi connectivity index (χ4v) is 1.73. The van der Waals surface area contributed by atoms with Crippen LogP contribution in [0.4, 0.5) is 0 Å². The Morgan fingerprint density at radius 2 is 1.88 bits per heavy atom. The Kier molecular flexibility index (Phi) is 3.86. The van der Waals surface area contributed by atoms with Gasteiger partial charge in [0.25, 0.3) is 0 Å². The normalized spacial score (nSPS) is 33.4. The van der Waals surface area contributed by atoms with Crippen molar-refractivity contribution in [1.82, 2.24) is 0 Å². The lowest BCUT2D eigenvalue weighted by Gasteiger charge is -2.35. The summed E-state index contributed by atoms with van der Waals surface area (Å²) in [5.41, 5.74) is 0. The van der Waals surface area contributed by atoms with Crippen LogP contribution in [0.1, 0.15) is 0 Å². The standard InChI is InChI=1S/C11H13ClO5/c12-6-3-1-2-4-8(6)17-11-10(15)9(14)7(13)5-16-11/h1-4,7,9-11,13-15H,5H2/t7-,9-,10-,11+/m0/s1. The minimum atomic E-state index is -1.32. The van der Waals surface area contributed by atoms with Crippen LogP contribution in [-0.4, -0.2) is 46.5 Å². The molecule has 0 aromatic heterocycles. The van der Waals surface area contributed by atoms with Crippen LogP contribution in [0.3, 0.4) is 0 Å². The summed E-state index contributed by atoms with van der Waals surface area (Å²) in [6, 6.07) is 6.72. The van der Waals surface area contributed by atoms with E-state index in [9.17, 15) is 15.3 Å². The van der Waals surface area contributed by atoms with Crippen molar-refractivity contribution in [3.05, 3.63) is 29.3 Å². The summed E-state index contributed by atoms with van der Waals surface area (Å²) in [4.78, 5) is 0. The summed E-state index contributed by atoms with van der Waals surface area (Å²) >= 11 is 5.88. The minimum Gasteiger partial charge on any atom is -0.460 e. The molecular formula is C11H13ClO5. The quantitative estimate of drug-likeness (QED) is 0.706. The first-order chi connectivity index (χ1) is 8.09. The molecule has 6 heteroatoms. The van der Waals surface area contributed by atoms with Gasteiger partial charge in [-0.1, -0.05) is 23.7 Å². The first-order valence-electron chi connectivity index (χ1n) is 5.16. The molecule has 0 radical (unpaired) electrons. The van der Waals surface area contributed by atoms with Crippen molar-refractivity contribution in [1.29, 1.82) is 0 Å². The largest absolute Gasteiger partial charge is 0.460 e. The lowest BCUT2D eigenvalue weighted by atomic mass is 10.1. The molecule has 1 heterocycles. The Morgan fingerprint density at radius 3 is 2.59 bits per heavy atom. The van der Waals surface area contributed by atoms with Gasteiger partial charge in [-0.2, -0.15) is 0 Å². The van der Waals surface area contributed by atoms with Crippen LogP contribution in [0.5, 0.6) is 5.75 Å². The van der Waals surface area contributed by atoms with Gasteiger partial charge in [0, 0.05) is 0 Å². The topological polar surface area (TPSA) is 79.2 Å². The molecular weight excluding hydrogens is 248 g/mol. The Hall–Kier alpha value is -0.850. The highest BCUT2D eigenvalue weighted by atomic mass is 35.5. The molecule has 1 aromatic carbocycles. The summed E-state index contributed by atoms with van der Waals surface area (Å²) in [5, 5.41) is 28.8. The Balaban J connectivity index is 2.07. The highest BCUT2D eigenvalue weighted by molar-refractivity contribution is 6.32. The van der Waals surface area contributed by atoms with Crippen LogP contribution >= 0.6 is 11.6 Å². The molecule has 3 N–H and O–H groups in total. The third kappa shape index (κ3) is 2.70. The highest BCUT2D eigenvalue weighted by Crippen LogP contribution is 2.27. The number of hydrogen-bond acceptors (Lipinski definition) is 5. The van der Waals surface area contributed by atoms with Gasteiger partial charge in [0.15, 0.2) is 0 Å². The smallest absolute Gasteiger partial charge is 0.228 e. The fourth-order valence-electron chi connectivity index (χ4n) is 1.55. The van der Waals surface area contributed by atoms with Crippen LogP contribution in [0, 0.1) is 0 Å². The second-order valence-corrected chi connectivity index (χ2v) is 4.21. The van der Waals surface area contributed by atoms with Crippen molar-refractivity contribution in [3.63, 3.8) is 0 Å². The van der Waals surface area contributed by atoms with Gasteiger partial charge in [-0.25, -0.2) is 0 Å². The number of hydrogen-bond donors (Lipinski definition) is 3.